The number of para-hydroxylation sites is 1. The molecule has 2 heterocycles. The van der Waals surface area contributed by atoms with Crippen LogP contribution < -0.4 is 9.62 Å². The summed E-state index contributed by atoms with van der Waals surface area (Å²) in [6.07, 6.45) is 3.31. The molecule has 0 saturated carbocycles. The van der Waals surface area contributed by atoms with Crippen LogP contribution in [0.4, 0.5) is 5.69 Å². The molecule has 0 spiro atoms. The molecule has 2 aromatic carbocycles. The molecule has 0 radical (unpaired) electrons. The van der Waals surface area contributed by atoms with Crippen molar-refractivity contribution in [3.05, 3.63) is 64.8 Å². The summed E-state index contributed by atoms with van der Waals surface area (Å²) in [5, 5.41) is 2.00. The predicted octanol–water partition coefficient (Wildman–Crippen LogP) is 4.84. The second-order valence-corrected chi connectivity index (χ2v) is 10.4. The van der Waals surface area contributed by atoms with Gasteiger partial charge >= 0.3 is 0 Å². The number of pyridine rings is 1. The van der Waals surface area contributed by atoms with E-state index in [0.717, 1.165) is 56.6 Å². The van der Waals surface area contributed by atoms with Gasteiger partial charge in [0.1, 0.15) is 4.90 Å². The highest BCUT2D eigenvalue weighted by molar-refractivity contribution is 7.89. The summed E-state index contributed by atoms with van der Waals surface area (Å²) in [4.78, 5) is 9.14. The first-order valence-electron chi connectivity index (χ1n) is 10.7. The molecule has 4 rings (SSSR count). The lowest BCUT2D eigenvalue weighted by atomic mass is 10.2. The summed E-state index contributed by atoms with van der Waals surface area (Å²) in [7, 11) is -3.59. The monoisotopic (exact) mass is 528 g/mol. The largest absolute Gasteiger partial charge is 0.368 e. The summed E-state index contributed by atoms with van der Waals surface area (Å²) in [6, 6.07) is 14.6. The summed E-state index contributed by atoms with van der Waals surface area (Å²) < 4.78 is 28.2. The van der Waals surface area contributed by atoms with Crippen molar-refractivity contribution >= 4 is 62.2 Å². The van der Waals surface area contributed by atoms with Crippen molar-refractivity contribution in [3.63, 3.8) is 0 Å². The van der Waals surface area contributed by atoms with Crippen LogP contribution in [0.5, 0.6) is 0 Å². The van der Waals surface area contributed by atoms with Crippen LogP contribution in [0.3, 0.4) is 0 Å². The Morgan fingerprint density at radius 1 is 0.939 bits per heavy atom. The third-order valence-corrected chi connectivity index (χ3v) is 8.02. The van der Waals surface area contributed by atoms with Gasteiger partial charge in [-0.3, -0.25) is 9.88 Å². The maximum atomic E-state index is 12.7. The number of nitrogens with one attached hydrogen (secondary N) is 1. The van der Waals surface area contributed by atoms with Crippen LogP contribution >= 0.6 is 35.6 Å². The molecule has 1 fully saturated rings. The molecule has 1 aliphatic heterocycles. The first-order valence-corrected chi connectivity index (χ1v) is 12.9. The lowest BCUT2D eigenvalue weighted by Gasteiger charge is -2.36. The number of halogens is 3. The van der Waals surface area contributed by atoms with Crippen LogP contribution in [0.25, 0.3) is 10.9 Å². The van der Waals surface area contributed by atoms with Gasteiger partial charge < -0.3 is 4.90 Å². The Kier molecular flexibility index (Phi) is 9.21. The second kappa shape index (κ2) is 11.7. The minimum atomic E-state index is -3.59. The first kappa shape index (κ1) is 26.0. The molecule has 33 heavy (non-hydrogen) atoms. The van der Waals surface area contributed by atoms with Crippen molar-refractivity contribution in [1.82, 2.24) is 14.6 Å². The minimum Gasteiger partial charge on any atom is -0.368 e. The molecule has 10 heteroatoms. The molecule has 178 valence electrons. The highest BCUT2D eigenvalue weighted by Gasteiger charge is 2.20. The molecule has 6 nitrogen and oxygen atoms in total. The lowest BCUT2D eigenvalue weighted by molar-refractivity contribution is 0.253. The number of sulfonamides is 1. The van der Waals surface area contributed by atoms with Crippen molar-refractivity contribution in [2.24, 2.45) is 0 Å². The number of piperazine rings is 1. The fraction of sp³-hybridized carbons (Fsp3) is 0.348. The van der Waals surface area contributed by atoms with Gasteiger partial charge in [0.05, 0.1) is 21.2 Å². The van der Waals surface area contributed by atoms with E-state index in [4.69, 9.17) is 23.2 Å². The van der Waals surface area contributed by atoms with E-state index in [1.807, 2.05) is 24.3 Å². The van der Waals surface area contributed by atoms with E-state index in [2.05, 4.69) is 19.5 Å². The van der Waals surface area contributed by atoms with Crippen molar-refractivity contribution in [1.29, 1.82) is 0 Å². The number of rotatable bonds is 8. The maximum absolute atomic E-state index is 12.7. The van der Waals surface area contributed by atoms with Gasteiger partial charge in [-0.05, 0) is 43.7 Å². The number of fused-ring (bicyclic) bond motifs is 1. The Morgan fingerprint density at radius 3 is 2.45 bits per heavy atom. The summed E-state index contributed by atoms with van der Waals surface area (Å²) in [6.45, 7) is 5.01. The van der Waals surface area contributed by atoms with Gasteiger partial charge in [-0.1, -0.05) is 47.5 Å². The van der Waals surface area contributed by atoms with Crippen molar-refractivity contribution < 1.29 is 8.42 Å². The topological polar surface area (TPSA) is 65.5 Å². The minimum absolute atomic E-state index is 0. The van der Waals surface area contributed by atoms with Crippen LogP contribution in [0.2, 0.25) is 10.0 Å². The molecule has 3 aromatic rings. The standard InChI is InChI=1S/C23H26Cl2N4O2S.ClH/c24-19-8-4-9-20(22(19)25)29-16-14-28(15-17-29)13-2-1-12-27-32(30,31)21-10-3-6-18-7-5-11-26-23(18)21;/h3-11,27H,1-2,12-17H2;1H. The summed E-state index contributed by atoms with van der Waals surface area (Å²) >= 11 is 12.5. The van der Waals surface area contributed by atoms with E-state index in [1.165, 1.54) is 0 Å². The molecule has 1 aromatic heterocycles. The zero-order valence-corrected chi connectivity index (χ0v) is 21.2. The molecule has 0 amide bonds. The smallest absolute Gasteiger partial charge is 0.242 e. The highest BCUT2D eigenvalue weighted by Crippen LogP contribution is 2.32. The van der Waals surface area contributed by atoms with E-state index in [-0.39, 0.29) is 17.3 Å². The number of unbranched alkanes of at least 4 members (excludes halogenated alkanes) is 1. The van der Waals surface area contributed by atoms with Gasteiger partial charge in [0.25, 0.3) is 0 Å². The zero-order chi connectivity index (χ0) is 22.6. The van der Waals surface area contributed by atoms with Crippen molar-refractivity contribution in [2.45, 2.75) is 17.7 Å². The second-order valence-electron chi connectivity index (χ2n) is 7.84. The Bertz CT molecular complexity index is 1180. The third-order valence-electron chi connectivity index (χ3n) is 5.72. The van der Waals surface area contributed by atoms with Crippen molar-refractivity contribution in [3.8, 4) is 0 Å². The van der Waals surface area contributed by atoms with Gasteiger partial charge in [0.15, 0.2) is 0 Å². The fourth-order valence-electron chi connectivity index (χ4n) is 3.99. The number of benzene rings is 2. The van der Waals surface area contributed by atoms with Gasteiger partial charge in [-0.25, -0.2) is 13.1 Å². The van der Waals surface area contributed by atoms with Crippen LogP contribution in [0, 0.1) is 0 Å². The number of nitrogens with zero attached hydrogens (tertiary/aromatic N) is 3. The number of aromatic nitrogens is 1. The Labute approximate surface area is 211 Å². The molecular weight excluding hydrogens is 503 g/mol. The zero-order valence-electron chi connectivity index (χ0n) is 18.1. The maximum Gasteiger partial charge on any atom is 0.242 e. The Morgan fingerprint density at radius 2 is 1.67 bits per heavy atom. The average molecular weight is 530 g/mol. The average Bonchev–Trinajstić information content (AvgIpc) is 2.81. The van der Waals surface area contributed by atoms with Crippen LogP contribution in [0.1, 0.15) is 12.8 Å². The summed E-state index contributed by atoms with van der Waals surface area (Å²) in [5.41, 5.74) is 1.48. The molecule has 0 unspecified atom stereocenters. The van der Waals surface area contributed by atoms with E-state index < -0.39 is 10.0 Å². The number of anilines is 1. The van der Waals surface area contributed by atoms with Crippen LogP contribution in [0.15, 0.2) is 59.6 Å². The molecule has 0 aliphatic carbocycles. The van der Waals surface area contributed by atoms with E-state index in [9.17, 15) is 8.42 Å². The quantitative estimate of drug-likeness (QED) is 0.423. The normalized spacial score (nSPS) is 14.9. The molecule has 0 atom stereocenters. The van der Waals surface area contributed by atoms with Crippen LogP contribution in [-0.2, 0) is 10.0 Å². The first-order chi connectivity index (χ1) is 15.5. The Balaban J connectivity index is 0.00000306. The Hall–Kier alpha value is -1.61. The SMILES string of the molecule is Cl.O=S(=O)(NCCCCN1CCN(c2cccc(Cl)c2Cl)CC1)c1cccc2cccnc12. The van der Waals surface area contributed by atoms with Gasteiger partial charge in [0.2, 0.25) is 10.0 Å². The molecule has 1 N–H and O–H groups in total. The molecule has 1 saturated heterocycles. The van der Waals surface area contributed by atoms with Gasteiger partial charge in [-0.15, -0.1) is 12.4 Å². The summed E-state index contributed by atoms with van der Waals surface area (Å²) in [5.74, 6) is 0. The number of hydrogen-bond acceptors (Lipinski definition) is 5. The predicted molar refractivity (Wildman–Crippen MR) is 139 cm³/mol. The van der Waals surface area contributed by atoms with Gasteiger partial charge in [0, 0.05) is 44.3 Å². The molecule has 1 aliphatic rings. The van der Waals surface area contributed by atoms with E-state index >= 15 is 0 Å². The lowest BCUT2D eigenvalue weighted by Crippen LogP contribution is -2.46. The van der Waals surface area contributed by atoms with Gasteiger partial charge in [-0.2, -0.15) is 0 Å². The third kappa shape index (κ3) is 6.29. The van der Waals surface area contributed by atoms with Crippen LogP contribution in [-0.4, -0.2) is 57.6 Å². The fourth-order valence-corrected chi connectivity index (χ4v) is 5.65. The van der Waals surface area contributed by atoms with E-state index in [0.29, 0.717) is 22.1 Å². The van der Waals surface area contributed by atoms with E-state index in [1.54, 1.807) is 30.5 Å². The molecular formula is C23H27Cl3N4O2S. The highest BCUT2D eigenvalue weighted by atomic mass is 35.5. The molecule has 0 bridgehead atoms. The number of hydrogen-bond donors (Lipinski definition) is 1. The van der Waals surface area contributed by atoms with Crippen molar-refractivity contribution in [2.75, 3.05) is 44.2 Å².